The summed E-state index contributed by atoms with van der Waals surface area (Å²) in [6, 6.07) is 0. The summed E-state index contributed by atoms with van der Waals surface area (Å²) in [5.74, 6) is 1.72. The highest BCUT2D eigenvalue weighted by Gasteiger charge is 2.28. The number of hydrogen-bond acceptors (Lipinski definition) is 3. The summed E-state index contributed by atoms with van der Waals surface area (Å²) in [7, 11) is 0. The largest absolute Gasteiger partial charge is 0.245 e. The summed E-state index contributed by atoms with van der Waals surface area (Å²) in [6.07, 6.45) is 14.9. The van der Waals surface area contributed by atoms with E-state index in [1.54, 1.807) is 0 Å². The second-order valence-corrected chi connectivity index (χ2v) is 6.44. The van der Waals surface area contributed by atoms with Crippen molar-refractivity contribution in [2.75, 3.05) is 6.54 Å². The van der Waals surface area contributed by atoms with E-state index in [1.165, 1.54) is 70.0 Å². The molecule has 3 nitrogen and oxygen atoms in total. The lowest BCUT2D eigenvalue weighted by atomic mass is 9.93. The molecule has 0 aliphatic carbocycles. The third kappa shape index (κ3) is 6.95. The maximum Gasteiger partial charge on any atom is 0.174 e. The fraction of sp³-hybridized carbons (Fsp3) is 0.842. The highest BCUT2D eigenvalue weighted by atomic mass is 16.7. The maximum atomic E-state index is 5.81. The number of nitrogens with zero attached hydrogens (tertiary/aromatic N) is 2. The van der Waals surface area contributed by atoms with Gasteiger partial charge in [0, 0.05) is 5.92 Å². The van der Waals surface area contributed by atoms with Crippen molar-refractivity contribution in [1.82, 2.24) is 5.06 Å². The summed E-state index contributed by atoms with van der Waals surface area (Å²) < 4.78 is 0. The van der Waals surface area contributed by atoms with Crippen molar-refractivity contribution < 1.29 is 4.84 Å². The van der Waals surface area contributed by atoms with Gasteiger partial charge in [-0.15, -0.1) is 6.58 Å². The molecule has 0 spiro atoms. The fourth-order valence-corrected chi connectivity index (χ4v) is 3.11. The zero-order chi connectivity index (χ0) is 16.2. The van der Waals surface area contributed by atoms with Crippen molar-refractivity contribution in [3.63, 3.8) is 0 Å². The Morgan fingerprint density at radius 1 is 1.09 bits per heavy atom. The Morgan fingerprint density at radius 3 is 2.18 bits per heavy atom. The molecule has 1 heterocycles. The van der Waals surface area contributed by atoms with Crippen LogP contribution in [-0.4, -0.2) is 23.7 Å². The zero-order valence-corrected chi connectivity index (χ0v) is 15.0. The molecule has 1 aliphatic heterocycles. The molecule has 3 heteroatoms. The third-order valence-corrected chi connectivity index (χ3v) is 4.32. The van der Waals surface area contributed by atoms with Gasteiger partial charge in [-0.3, -0.25) is 0 Å². The van der Waals surface area contributed by atoms with Gasteiger partial charge in [-0.2, -0.15) is 0 Å². The average molecular weight is 309 g/mol. The molecule has 0 fully saturated rings. The van der Waals surface area contributed by atoms with Gasteiger partial charge in [-0.1, -0.05) is 71.3 Å². The normalized spacial score (nSPS) is 18.1. The number of hydrogen-bond donors (Lipinski definition) is 0. The van der Waals surface area contributed by atoms with Gasteiger partial charge >= 0.3 is 0 Å². The van der Waals surface area contributed by atoms with Crippen LogP contribution < -0.4 is 0 Å². The second kappa shape index (κ2) is 11.7. The molecule has 1 unspecified atom stereocenters. The van der Waals surface area contributed by atoms with Gasteiger partial charge in [0.05, 0.1) is 6.54 Å². The first-order valence-electron chi connectivity index (χ1n) is 9.35. The minimum absolute atomic E-state index is 0.0382. The van der Waals surface area contributed by atoms with Gasteiger partial charge in [0.2, 0.25) is 0 Å². The molecule has 0 saturated heterocycles. The molecular formula is C19H36N2O. The lowest BCUT2D eigenvalue weighted by Gasteiger charge is -2.24. The molecule has 1 rings (SSSR count). The van der Waals surface area contributed by atoms with Crippen molar-refractivity contribution in [3.05, 3.63) is 12.7 Å². The maximum absolute atomic E-state index is 5.81. The van der Waals surface area contributed by atoms with Crippen LogP contribution in [0.3, 0.4) is 0 Å². The highest BCUT2D eigenvalue weighted by molar-refractivity contribution is 5.85. The van der Waals surface area contributed by atoms with Gasteiger partial charge < -0.3 is 0 Å². The van der Waals surface area contributed by atoms with E-state index in [0.717, 1.165) is 6.54 Å². The van der Waals surface area contributed by atoms with Crippen LogP contribution in [0.1, 0.15) is 85.0 Å². The smallest absolute Gasteiger partial charge is 0.174 e. The Kier molecular flexibility index (Phi) is 10.2. The quantitative estimate of drug-likeness (QED) is 0.321. The topological polar surface area (TPSA) is 24.8 Å². The Balaban J connectivity index is 2.57. The van der Waals surface area contributed by atoms with E-state index in [9.17, 15) is 0 Å². The standard InChI is InChI=1S/C19H36N2O/c1-5-8-10-12-14-18(15-13-11-9-6-2)19-20-17(4)22-21(19)16-7-3/h7,17-18H,3,5-6,8-16H2,1-2,4H3. The molecule has 1 atom stereocenters. The lowest BCUT2D eigenvalue weighted by molar-refractivity contribution is -0.110. The van der Waals surface area contributed by atoms with E-state index in [-0.39, 0.29) is 6.23 Å². The van der Waals surface area contributed by atoms with Crippen LogP contribution in [-0.2, 0) is 4.84 Å². The molecule has 1 aliphatic rings. The number of unbranched alkanes of at least 4 members (excludes halogenated alkanes) is 6. The van der Waals surface area contributed by atoms with Crippen molar-refractivity contribution >= 4 is 5.84 Å². The molecule has 0 bridgehead atoms. The molecule has 22 heavy (non-hydrogen) atoms. The van der Waals surface area contributed by atoms with E-state index in [1.807, 2.05) is 18.1 Å². The van der Waals surface area contributed by atoms with E-state index in [2.05, 4.69) is 20.4 Å². The number of rotatable bonds is 13. The first kappa shape index (κ1) is 19.2. The Labute approximate surface area is 137 Å². The molecular weight excluding hydrogens is 272 g/mol. The van der Waals surface area contributed by atoms with E-state index in [0.29, 0.717) is 5.92 Å². The van der Waals surface area contributed by atoms with Crippen molar-refractivity contribution in [2.45, 2.75) is 91.2 Å². The SMILES string of the molecule is C=CCN1OC(C)N=C1C(CCCCCC)CCCCCC. The van der Waals surface area contributed by atoms with Crippen LogP contribution in [0.5, 0.6) is 0 Å². The summed E-state index contributed by atoms with van der Waals surface area (Å²) in [5.41, 5.74) is 0. The second-order valence-electron chi connectivity index (χ2n) is 6.44. The van der Waals surface area contributed by atoms with Gasteiger partial charge in [-0.25, -0.2) is 14.9 Å². The number of amidine groups is 1. The number of hydroxylamine groups is 2. The molecule has 0 N–H and O–H groups in total. The molecule has 0 saturated carbocycles. The average Bonchev–Trinajstić information content (AvgIpc) is 2.87. The summed E-state index contributed by atoms with van der Waals surface area (Å²) in [5, 5.41) is 1.97. The monoisotopic (exact) mass is 308 g/mol. The molecule has 0 radical (unpaired) electrons. The first-order chi connectivity index (χ1) is 10.7. The van der Waals surface area contributed by atoms with Gasteiger partial charge in [0.25, 0.3) is 0 Å². The first-order valence-corrected chi connectivity index (χ1v) is 9.35. The molecule has 128 valence electrons. The predicted molar refractivity (Wildman–Crippen MR) is 95.9 cm³/mol. The van der Waals surface area contributed by atoms with Crippen LogP contribution in [0.2, 0.25) is 0 Å². The lowest BCUT2D eigenvalue weighted by Crippen LogP contribution is -2.32. The van der Waals surface area contributed by atoms with Gasteiger partial charge in [-0.05, 0) is 19.8 Å². The van der Waals surface area contributed by atoms with E-state index >= 15 is 0 Å². The third-order valence-electron chi connectivity index (χ3n) is 4.32. The highest BCUT2D eigenvalue weighted by Crippen LogP contribution is 2.26. The minimum atomic E-state index is -0.0382. The molecule has 0 aromatic carbocycles. The Hall–Kier alpha value is -0.830. The summed E-state index contributed by atoms with van der Waals surface area (Å²) in [4.78, 5) is 10.6. The molecule has 0 aromatic heterocycles. The fourth-order valence-electron chi connectivity index (χ4n) is 3.11. The van der Waals surface area contributed by atoms with Gasteiger partial charge in [0.1, 0.15) is 5.84 Å². The van der Waals surface area contributed by atoms with Crippen LogP contribution in [0, 0.1) is 5.92 Å². The summed E-state index contributed by atoms with van der Waals surface area (Å²) >= 11 is 0. The number of aliphatic imine (C=N–C) groups is 1. The molecule has 0 aromatic rings. The minimum Gasteiger partial charge on any atom is -0.245 e. The van der Waals surface area contributed by atoms with Crippen LogP contribution in [0.25, 0.3) is 0 Å². The van der Waals surface area contributed by atoms with E-state index in [4.69, 9.17) is 9.83 Å². The van der Waals surface area contributed by atoms with Crippen LogP contribution in [0.4, 0.5) is 0 Å². The van der Waals surface area contributed by atoms with E-state index < -0.39 is 0 Å². The Bertz CT molecular complexity index is 315. The molecule has 0 amide bonds. The Morgan fingerprint density at radius 2 is 1.68 bits per heavy atom. The van der Waals surface area contributed by atoms with Crippen LogP contribution >= 0.6 is 0 Å². The summed E-state index contributed by atoms with van der Waals surface area (Å²) in [6.45, 7) is 11.1. The predicted octanol–water partition coefficient (Wildman–Crippen LogP) is 5.72. The van der Waals surface area contributed by atoms with Gasteiger partial charge in [0.15, 0.2) is 6.23 Å². The van der Waals surface area contributed by atoms with Crippen LogP contribution in [0.15, 0.2) is 17.6 Å². The van der Waals surface area contributed by atoms with Crippen molar-refractivity contribution in [1.29, 1.82) is 0 Å². The van der Waals surface area contributed by atoms with Crippen molar-refractivity contribution in [3.8, 4) is 0 Å². The van der Waals surface area contributed by atoms with Crippen molar-refractivity contribution in [2.24, 2.45) is 10.9 Å². The zero-order valence-electron chi connectivity index (χ0n) is 15.0.